The van der Waals surface area contributed by atoms with Crippen molar-refractivity contribution in [1.29, 1.82) is 0 Å². The van der Waals surface area contributed by atoms with E-state index in [1.54, 1.807) is 42.5 Å². The predicted molar refractivity (Wildman–Crippen MR) is 84.5 cm³/mol. The van der Waals surface area contributed by atoms with E-state index in [4.69, 9.17) is 11.5 Å². The number of carbonyl (C=O) groups is 2. The molecule has 0 spiro atoms. The number of nitrogens with two attached hydrogens (primary N) is 2. The minimum absolute atomic E-state index is 0.0134. The lowest BCUT2D eigenvalue weighted by molar-refractivity contribution is -0.117. The van der Waals surface area contributed by atoms with Crippen LogP contribution in [0.15, 0.2) is 59.7 Å². The van der Waals surface area contributed by atoms with E-state index < -0.39 is 17.7 Å². The second-order valence-corrected chi connectivity index (χ2v) is 4.90. The summed E-state index contributed by atoms with van der Waals surface area (Å²) in [6.07, 6.45) is 0. The molecular weight excluding hydrogens is 280 g/mol. The quantitative estimate of drug-likeness (QED) is 0.655. The van der Waals surface area contributed by atoms with E-state index in [9.17, 15) is 9.59 Å². The second kappa shape index (κ2) is 5.42. The van der Waals surface area contributed by atoms with Crippen LogP contribution in [0.5, 0.6) is 0 Å². The van der Waals surface area contributed by atoms with Crippen molar-refractivity contribution in [1.82, 2.24) is 0 Å². The normalized spacial score (nSPS) is 17.5. The van der Waals surface area contributed by atoms with Crippen molar-refractivity contribution in [3.8, 4) is 0 Å². The first kappa shape index (κ1) is 14.0. The number of anilines is 2. The zero-order chi connectivity index (χ0) is 15.7. The van der Waals surface area contributed by atoms with Gasteiger partial charge in [0.15, 0.2) is 0 Å². The average Bonchev–Trinajstić information content (AvgIpc) is 2.83. The van der Waals surface area contributed by atoms with E-state index in [1.807, 2.05) is 6.07 Å². The predicted octanol–water partition coefficient (Wildman–Crippen LogP) is 1.18. The monoisotopic (exact) mass is 294 g/mol. The van der Waals surface area contributed by atoms with Crippen LogP contribution in [-0.4, -0.2) is 23.4 Å². The van der Waals surface area contributed by atoms with Crippen LogP contribution in [0.1, 0.15) is 10.4 Å². The summed E-state index contributed by atoms with van der Waals surface area (Å²) in [5.41, 5.74) is 12.9. The van der Waals surface area contributed by atoms with Gasteiger partial charge >= 0.3 is 0 Å². The van der Waals surface area contributed by atoms with Gasteiger partial charge in [-0.15, -0.1) is 0 Å². The molecule has 4 N–H and O–H groups in total. The minimum atomic E-state index is -1.07. The molecule has 0 aromatic heterocycles. The number of Topliss-reactive ketones (excluding diaryl/α,β-unsaturated/α-hetero) is 1. The van der Waals surface area contributed by atoms with E-state index in [0.29, 0.717) is 16.9 Å². The Morgan fingerprint density at radius 1 is 1.09 bits per heavy atom. The number of hydrogen-bond donors (Lipinski definition) is 2. The van der Waals surface area contributed by atoms with Crippen molar-refractivity contribution >= 4 is 28.8 Å². The standard InChI is InChI=1S/C16H14N4O2/c17-11-6-4-5-10(9-11)15(21)14-13(18)16(22)20(19-14)12-7-2-1-3-8-12/h1-9,13H,17-18H2. The fraction of sp³-hybridized carbons (Fsp3) is 0.0625. The maximum absolute atomic E-state index is 12.5. The zero-order valence-corrected chi connectivity index (χ0v) is 11.6. The van der Waals surface area contributed by atoms with Gasteiger partial charge in [0.1, 0.15) is 11.8 Å². The lowest BCUT2D eigenvalue weighted by atomic mass is 10.0. The highest BCUT2D eigenvalue weighted by Crippen LogP contribution is 2.21. The molecule has 0 fully saturated rings. The van der Waals surface area contributed by atoms with Crippen molar-refractivity contribution < 1.29 is 9.59 Å². The van der Waals surface area contributed by atoms with Crippen LogP contribution in [0, 0.1) is 0 Å². The van der Waals surface area contributed by atoms with Crippen LogP contribution >= 0.6 is 0 Å². The van der Waals surface area contributed by atoms with Crippen LogP contribution < -0.4 is 16.5 Å². The van der Waals surface area contributed by atoms with Crippen molar-refractivity contribution in [2.75, 3.05) is 10.7 Å². The van der Waals surface area contributed by atoms with E-state index >= 15 is 0 Å². The molecule has 1 amide bonds. The molecule has 0 radical (unpaired) electrons. The molecule has 1 atom stereocenters. The van der Waals surface area contributed by atoms with Gasteiger partial charge in [-0.2, -0.15) is 10.1 Å². The van der Waals surface area contributed by atoms with Gasteiger partial charge in [-0.1, -0.05) is 30.3 Å². The van der Waals surface area contributed by atoms with Crippen LogP contribution in [-0.2, 0) is 4.79 Å². The number of hydrazone groups is 1. The average molecular weight is 294 g/mol. The highest BCUT2D eigenvalue weighted by Gasteiger charge is 2.37. The molecule has 110 valence electrons. The van der Waals surface area contributed by atoms with Crippen LogP contribution in [0.4, 0.5) is 11.4 Å². The summed E-state index contributed by atoms with van der Waals surface area (Å²) in [6.45, 7) is 0. The Kier molecular flexibility index (Phi) is 3.44. The van der Waals surface area contributed by atoms with Gasteiger partial charge in [0, 0.05) is 11.3 Å². The molecule has 6 heteroatoms. The second-order valence-electron chi connectivity index (χ2n) is 4.90. The summed E-state index contributed by atoms with van der Waals surface area (Å²) in [7, 11) is 0. The van der Waals surface area contributed by atoms with Gasteiger partial charge in [0.05, 0.1) is 5.69 Å². The molecule has 1 aliphatic rings. The highest BCUT2D eigenvalue weighted by atomic mass is 16.2. The summed E-state index contributed by atoms with van der Waals surface area (Å²) >= 11 is 0. The molecule has 1 unspecified atom stereocenters. The Hall–Kier alpha value is -2.99. The summed E-state index contributed by atoms with van der Waals surface area (Å²) in [5, 5.41) is 5.27. The third kappa shape index (κ3) is 2.36. The number of para-hydroxylation sites is 1. The zero-order valence-electron chi connectivity index (χ0n) is 11.6. The molecule has 1 heterocycles. The molecule has 0 aliphatic carbocycles. The number of benzene rings is 2. The smallest absolute Gasteiger partial charge is 0.270 e. The van der Waals surface area contributed by atoms with Crippen LogP contribution in [0.3, 0.4) is 0 Å². The SMILES string of the molecule is Nc1cccc(C(=O)C2=NN(c3ccccc3)C(=O)C2N)c1. The first-order valence-corrected chi connectivity index (χ1v) is 6.71. The Morgan fingerprint density at radius 3 is 2.50 bits per heavy atom. The molecule has 0 bridgehead atoms. The van der Waals surface area contributed by atoms with Gasteiger partial charge in [0.2, 0.25) is 5.78 Å². The Morgan fingerprint density at radius 2 is 1.82 bits per heavy atom. The molecule has 2 aromatic rings. The van der Waals surface area contributed by atoms with E-state index in [2.05, 4.69) is 5.10 Å². The first-order valence-electron chi connectivity index (χ1n) is 6.71. The largest absolute Gasteiger partial charge is 0.399 e. The number of nitrogens with zero attached hydrogens (tertiary/aromatic N) is 2. The third-order valence-corrected chi connectivity index (χ3v) is 3.36. The van der Waals surface area contributed by atoms with Crippen LogP contribution in [0.2, 0.25) is 0 Å². The van der Waals surface area contributed by atoms with Crippen LogP contribution in [0.25, 0.3) is 0 Å². The Labute approximate surface area is 127 Å². The number of amides is 1. The van der Waals surface area contributed by atoms with Crippen molar-refractivity contribution in [3.05, 3.63) is 60.2 Å². The molecule has 3 rings (SSSR count). The maximum atomic E-state index is 12.5. The molecule has 22 heavy (non-hydrogen) atoms. The summed E-state index contributed by atoms with van der Waals surface area (Å²) in [4.78, 5) is 24.7. The molecular formula is C16H14N4O2. The summed E-state index contributed by atoms with van der Waals surface area (Å²) < 4.78 is 0. The lowest BCUT2D eigenvalue weighted by Crippen LogP contribution is -2.41. The number of ketones is 1. The fourth-order valence-electron chi connectivity index (χ4n) is 2.24. The minimum Gasteiger partial charge on any atom is -0.399 e. The highest BCUT2D eigenvalue weighted by molar-refractivity contribution is 6.53. The third-order valence-electron chi connectivity index (χ3n) is 3.36. The van der Waals surface area contributed by atoms with E-state index in [0.717, 1.165) is 5.01 Å². The molecule has 0 saturated heterocycles. The van der Waals surface area contributed by atoms with Crippen molar-refractivity contribution in [2.24, 2.45) is 10.8 Å². The molecule has 6 nitrogen and oxygen atoms in total. The van der Waals surface area contributed by atoms with Gasteiger partial charge < -0.3 is 11.5 Å². The Bertz CT molecular complexity index is 771. The lowest BCUT2D eigenvalue weighted by Gasteiger charge is -2.11. The van der Waals surface area contributed by atoms with Gasteiger partial charge in [-0.25, -0.2) is 0 Å². The number of hydrogen-bond acceptors (Lipinski definition) is 5. The number of nitrogen functional groups attached to an aromatic ring is 1. The first-order chi connectivity index (χ1) is 10.6. The molecule has 0 saturated carbocycles. The van der Waals surface area contributed by atoms with Crippen molar-refractivity contribution in [2.45, 2.75) is 6.04 Å². The number of rotatable bonds is 3. The molecule has 1 aliphatic heterocycles. The summed E-state index contributed by atoms with van der Waals surface area (Å²) in [6, 6.07) is 14.2. The maximum Gasteiger partial charge on any atom is 0.270 e. The Balaban J connectivity index is 1.96. The summed E-state index contributed by atoms with van der Waals surface area (Å²) in [5.74, 6) is -0.829. The van der Waals surface area contributed by atoms with E-state index in [1.165, 1.54) is 6.07 Å². The van der Waals surface area contributed by atoms with Crippen molar-refractivity contribution in [3.63, 3.8) is 0 Å². The number of carbonyl (C=O) groups excluding carboxylic acids is 2. The van der Waals surface area contributed by atoms with Gasteiger partial charge in [0.25, 0.3) is 5.91 Å². The fourth-order valence-corrected chi connectivity index (χ4v) is 2.24. The van der Waals surface area contributed by atoms with E-state index in [-0.39, 0.29) is 5.71 Å². The van der Waals surface area contributed by atoms with Gasteiger partial charge in [-0.3, -0.25) is 9.59 Å². The molecule has 2 aromatic carbocycles. The topological polar surface area (TPSA) is 102 Å². The van der Waals surface area contributed by atoms with Gasteiger partial charge in [-0.05, 0) is 24.3 Å².